The molecule has 2 heteroatoms. The molecular formula is C56H115NO. The Labute approximate surface area is 370 Å². The summed E-state index contributed by atoms with van der Waals surface area (Å²) < 4.78 is 0. The molecule has 0 N–H and O–H groups in total. The highest BCUT2D eigenvalue weighted by atomic mass is 16.2. The van der Waals surface area contributed by atoms with Crippen LogP contribution in [0, 0.1) is 65.1 Å². The van der Waals surface area contributed by atoms with Crippen LogP contribution in [0.25, 0.3) is 0 Å². The molecule has 2 saturated heterocycles. The Kier molecular flexibility index (Phi) is 37.0. The van der Waals surface area contributed by atoms with Crippen LogP contribution >= 0.6 is 0 Å². The van der Waals surface area contributed by atoms with Gasteiger partial charge in [-0.25, -0.2) is 0 Å². The molecule has 350 valence electrons. The highest BCUT2D eigenvalue weighted by molar-refractivity contribution is 5.80. The number of piperidine rings is 2. The van der Waals surface area contributed by atoms with Crippen molar-refractivity contribution in [3.63, 3.8) is 0 Å². The van der Waals surface area contributed by atoms with Gasteiger partial charge in [-0.05, 0) is 130 Å². The summed E-state index contributed by atoms with van der Waals surface area (Å²) in [6.07, 6.45) is 42.3. The van der Waals surface area contributed by atoms with E-state index in [2.05, 4.69) is 0 Å². The molecule has 14 saturated carbocycles. The second-order valence-corrected chi connectivity index (χ2v) is 18.7. The molecule has 1 amide bonds. The minimum Gasteiger partial charge on any atom is -0.343 e. The van der Waals surface area contributed by atoms with Crippen LogP contribution < -0.4 is 0 Å². The molecule has 16 rings (SSSR count). The number of carbonyl (C=O) groups is 1. The average molecular weight is 819 g/mol. The first-order chi connectivity index (χ1) is 27.5. The molecule has 16 fully saturated rings. The minimum absolute atomic E-state index is 0. The van der Waals surface area contributed by atoms with Crippen LogP contribution in [-0.4, -0.2) is 23.9 Å². The normalized spacial score (nSPS) is 35.9. The zero-order chi connectivity index (χ0) is 41.9. The number of carbonyl (C=O) groups excluding carboxylic acids is 1. The van der Waals surface area contributed by atoms with E-state index in [0.717, 1.165) is 36.5 Å². The van der Waals surface area contributed by atoms with Crippen molar-refractivity contribution < 1.29 is 4.79 Å². The monoisotopic (exact) mass is 818 g/mol. The van der Waals surface area contributed by atoms with Gasteiger partial charge in [-0.2, -0.15) is 0 Å². The number of amides is 1. The van der Waals surface area contributed by atoms with Crippen LogP contribution in [0.5, 0.6) is 0 Å². The van der Waals surface area contributed by atoms with Gasteiger partial charge in [0.05, 0.1) is 0 Å². The molecule has 2 nitrogen and oxygen atoms in total. The van der Waals surface area contributed by atoms with Gasteiger partial charge < -0.3 is 4.90 Å². The fourth-order valence-corrected chi connectivity index (χ4v) is 12.1. The molecule has 0 aromatic heterocycles. The predicted molar refractivity (Wildman–Crippen MR) is 266 cm³/mol. The van der Waals surface area contributed by atoms with E-state index < -0.39 is 0 Å². The average Bonchev–Trinajstić information content (AvgIpc) is 4.13. The van der Waals surface area contributed by atoms with Crippen LogP contribution in [0.4, 0.5) is 0 Å². The molecule has 58 heavy (non-hydrogen) atoms. The smallest absolute Gasteiger partial charge is 0.225 e. The first-order valence-electron chi connectivity index (χ1n) is 26.8. The first kappa shape index (κ1) is 59.6. The van der Waals surface area contributed by atoms with Crippen molar-refractivity contribution in [3.05, 3.63) is 0 Å². The molecule has 0 aromatic carbocycles. The Morgan fingerprint density at radius 2 is 0.534 bits per heavy atom. The maximum Gasteiger partial charge on any atom is 0.225 e. The van der Waals surface area contributed by atoms with Crippen molar-refractivity contribution >= 4 is 5.91 Å². The van der Waals surface area contributed by atoms with Gasteiger partial charge >= 0.3 is 0 Å². The molecule has 2 atom stereocenters. The van der Waals surface area contributed by atoms with Gasteiger partial charge in [-0.1, -0.05) is 207 Å². The highest BCUT2D eigenvalue weighted by Gasteiger charge is 2.41. The third-order valence-electron chi connectivity index (χ3n) is 15.7. The molecule has 0 spiro atoms. The fourth-order valence-electron chi connectivity index (χ4n) is 12.1. The standard InChI is InChI=1S/C8H13NO.2C8H14.C7H12.C6H10.C5H8.6C2H6.2CH4/c1-9-7-4-2-6(3-5-7)8(9)10;1-2-8-5-3-7(1)4-6-8;1-2-7-4-5-8(3-1)6-7;1-2-7-4-3-6(1)5-7;1-2-6-3-5(1)4-6;1-4-2-5(1)3-4;6*1-2;;/h6-7H,2-5H2,1H3;2*7-8H,1-6H2;6-7H,1-5H2;5-6H,1-4H2;4-5H,1-3H2;6*1-2H3;2*1H4. The largest absolute Gasteiger partial charge is 0.343 e. The summed E-state index contributed by atoms with van der Waals surface area (Å²) in [7, 11) is 1.94. The van der Waals surface area contributed by atoms with Crippen molar-refractivity contribution in [2.75, 3.05) is 7.05 Å². The van der Waals surface area contributed by atoms with E-state index in [1.54, 1.807) is 148 Å². The van der Waals surface area contributed by atoms with Crippen LogP contribution in [-0.2, 0) is 4.79 Å². The lowest BCUT2D eigenvalue weighted by atomic mass is 9.56. The molecule has 16 aliphatic rings. The summed E-state index contributed by atoms with van der Waals surface area (Å²) in [6.45, 7) is 24.0. The Hall–Kier alpha value is -0.530. The van der Waals surface area contributed by atoms with Gasteiger partial charge in [-0.3, -0.25) is 4.79 Å². The number of nitrogens with zero attached hydrogens (tertiary/aromatic N) is 1. The fraction of sp³-hybridized carbons (Fsp3) is 0.982. The van der Waals surface area contributed by atoms with E-state index in [1.165, 1.54) is 54.8 Å². The third-order valence-corrected chi connectivity index (χ3v) is 15.7. The summed E-state index contributed by atoms with van der Waals surface area (Å²) in [5.41, 5.74) is 0. The van der Waals surface area contributed by atoms with Crippen molar-refractivity contribution in [2.24, 2.45) is 65.1 Å². The number of fused-ring (bicyclic) bond motifs is 11. The molecule has 12 bridgehead atoms. The van der Waals surface area contributed by atoms with Crippen LogP contribution in [0.1, 0.15) is 278 Å². The Morgan fingerprint density at radius 1 is 0.310 bits per heavy atom. The SMILES string of the molecule is C.C.C1C2CC1C2.C1CC2CC1C2.C1CC2CCC(C1)C2.C1CC2CCC1C2.C1CC2CCC1CC2.CC.CC.CC.CC.CC.CC.CN1C(=O)C2CCC1CC2. The summed E-state index contributed by atoms with van der Waals surface area (Å²) in [4.78, 5) is 13.3. The number of hydrogen-bond acceptors (Lipinski definition) is 1. The topological polar surface area (TPSA) is 20.3 Å². The lowest BCUT2D eigenvalue weighted by Gasteiger charge is -2.49. The van der Waals surface area contributed by atoms with Gasteiger partial charge in [0.15, 0.2) is 0 Å². The van der Waals surface area contributed by atoms with Gasteiger partial charge in [0.1, 0.15) is 0 Å². The van der Waals surface area contributed by atoms with Crippen LogP contribution in [0.2, 0.25) is 0 Å². The Morgan fingerprint density at radius 3 is 0.690 bits per heavy atom. The zero-order valence-electron chi connectivity index (χ0n) is 41.1. The predicted octanol–water partition coefficient (Wildman–Crippen LogP) is 19.0. The molecular weight excluding hydrogens is 703 g/mol. The Balaban J connectivity index is 0. The van der Waals surface area contributed by atoms with E-state index in [9.17, 15) is 4.79 Å². The first-order valence-corrected chi connectivity index (χ1v) is 26.8. The maximum absolute atomic E-state index is 11.3. The van der Waals surface area contributed by atoms with E-state index in [-0.39, 0.29) is 14.9 Å². The maximum atomic E-state index is 11.3. The third kappa shape index (κ3) is 20.1. The summed E-state index contributed by atoms with van der Waals surface area (Å²) in [6, 6.07) is 0.581. The molecule has 2 unspecified atom stereocenters. The summed E-state index contributed by atoms with van der Waals surface area (Å²) in [5.74, 6) is 12.5. The van der Waals surface area contributed by atoms with Crippen molar-refractivity contribution in [2.45, 2.75) is 284 Å². The van der Waals surface area contributed by atoms with Gasteiger partial charge in [0.2, 0.25) is 5.91 Å². The van der Waals surface area contributed by atoms with Crippen molar-refractivity contribution in [3.8, 4) is 0 Å². The summed E-state index contributed by atoms with van der Waals surface area (Å²) >= 11 is 0. The lowest BCUT2D eigenvalue weighted by Crippen LogP contribution is -2.49. The second kappa shape index (κ2) is 36.0. The minimum atomic E-state index is 0. The van der Waals surface area contributed by atoms with Crippen LogP contribution in [0.3, 0.4) is 0 Å². The van der Waals surface area contributed by atoms with E-state index in [1.807, 2.05) is 95.0 Å². The second-order valence-electron chi connectivity index (χ2n) is 18.7. The molecule has 0 aromatic rings. The number of hydrogen-bond donors (Lipinski definition) is 0. The van der Waals surface area contributed by atoms with Crippen molar-refractivity contribution in [1.82, 2.24) is 4.90 Å². The summed E-state index contributed by atoms with van der Waals surface area (Å²) in [5, 5.41) is 0. The van der Waals surface area contributed by atoms with Gasteiger partial charge in [0.25, 0.3) is 0 Å². The van der Waals surface area contributed by atoms with E-state index >= 15 is 0 Å². The van der Waals surface area contributed by atoms with Crippen molar-refractivity contribution in [1.29, 1.82) is 0 Å². The highest BCUT2D eigenvalue weighted by Crippen LogP contribution is 2.53. The van der Waals surface area contributed by atoms with E-state index in [4.69, 9.17) is 0 Å². The Bertz CT molecular complexity index is 786. The molecule has 14 aliphatic carbocycles. The molecule has 0 radical (unpaired) electrons. The molecule has 2 heterocycles. The van der Waals surface area contributed by atoms with Crippen LogP contribution in [0.15, 0.2) is 0 Å². The van der Waals surface area contributed by atoms with Gasteiger partial charge in [-0.15, -0.1) is 0 Å². The van der Waals surface area contributed by atoms with E-state index in [0.29, 0.717) is 17.9 Å². The zero-order valence-corrected chi connectivity index (χ0v) is 41.1. The number of rotatable bonds is 0. The quantitative estimate of drug-likeness (QED) is 0.238. The molecule has 2 aliphatic heterocycles. The lowest BCUT2D eigenvalue weighted by molar-refractivity contribution is -0.144. The van der Waals surface area contributed by atoms with Gasteiger partial charge in [0, 0.05) is 19.0 Å².